The molecule has 0 aliphatic heterocycles. The highest BCUT2D eigenvalue weighted by Crippen LogP contribution is 2.28. The van der Waals surface area contributed by atoms with Gasteiger partial charge in [0.2, 0.25) is 11.8 Å². The van der Waals surface area contributed by atoms with Gasteiger partial charge in [-0.1, -0.05) is 13.3 Å². The molecule has 1 aliphatic carbocycles. The third kappa shape index (κ3) is 4.85. The van der Waals surface area contributed by atoms with Gasteiger partial charge >= 0.3 is 0 Å². The van der Waals surface area contributed by atoms with Crippen molar-refractivity contribution < 1.29 is 9.59 Å². The maximum Gasteiger partial charge on any atom is 0.237 e. The van der Waals surface area contributed by atoms with Crippen LogP contribution in [-0.2, 0) is 9.59 Å². The predicted octanol–water partition coefficient (Wildman–Crippen LogP) is 0.569. The SMILES string of the molecule is CCCC(C#N)C(=O)NCCNC(=O)C1CC1. The molecule has 0 saturated heterocycles. The predicted molar refractivity (Wildman–Crippen MR) is 62.8 cm³/mol. The van der Waals surface area contributed by atoms with Crippen molar-refractivity contribution in [3.63, 3.8) is 0 Å². The normalized spacial score (nSPS) is 15.8. The Hall–Kier alpha value is -1.57. The minimum atomic E-state index is -0.570. The monoisotopic (exact) mass is 237 g/mol. The number of hydrogen-bond donors (Lipinski definition) is 2. The second-order valence-electron chi connectivity index (χ2n) is 4.33. The average molecular weight is 237 g/mol. The fraction of sp³-hybridized carbons (Fsp3) is 0.750. The molecule has 1 fully saturated rings. The first kappa shape index (κ1) is 13.5. The molecule has 94 valence electrons. The topological polar surface area (TPSA) is 82.0 Å². The molecule has 1 saturated carbocycles. The van der Waals surface area contributed by atoms with Crippen molar-refractivity contribution in [1.29, 1.82) is 5.26 Å². The van der Waals surface area contributed by atoms with Gasteiger partial charge in [0.1, 0.15) is 5.92 Å². The van der Waals surface area contributed by atoms with Gasteiger partial charge in [-0.3, -0.25) is 9.59 Å². The molecule has 2 N–H and O–H groups in total. The van der Waals surface area contributed by atoms with E-state index >= 15 is 0 Å². The van der Waals surface area contributed by atoms with Gasteiger partial charge in [-0.2, -0.15) is 5.26 Å². The summed E-state index contributed by atoms with van der Waals surface area (Å²) in [5, 5.41) is 14.2. The van der Waals surface area contributed by atoms with E-state index in [1.807, 2.05) is 13.0 Å². The Morgan fingerprint density at radius 3 is 2.53 bits per heavy atom. The Labute approximate surface area is 102 Å². The van der Waals surface area contributed by atoms with Crippen LogP contribution in [0.5, 0.6) is 0 Å². The van der Waals surface area contributed by atoms with Crippen molar-refractivity contribution in [3.05, 3.63) is 0 Å². The third-order valence-electron chi connectivity index (χ3n) is 2.72. The molecule has 1 atom stereocenters. The van der Waals surface area contributed by atoms with Crippen LogP contribution in [0.15, 0.2) is 0 Å². The number of nitrogens with one attached hydrogen (secondary N) is 2. The fourth-order valence-corrected chi connectivity index (χ4v) is 1.53. The minimum absolute atomic E-state index is 0.0737. The maximum atomic E-state index is 11.5. The van der Waals surface area contributed by atoms with Crippen LogP contribution in [0.3, 0.4) is 0 Å². The summed E-state index contributed by atoms with van der Waals surface area (Å²) in [6.45, 7) is 2.76. The molecule has 0 aromatic rings. The number of nitrogens with zero attached hydrogens (tertiary/aromatic N) is 1. The molecule has 0 aromatic carbocycles. The van der Waals surface area contributed by atoms with E-state index in [-0.39, 0.29) is 17.7 Å². The molecule has 1 unspecified atom stereocenters. The summed E-state index contributed by atoms with van der Waals surface area (Å²) in [5.41, 5.74) is 0. The van der Waals surface area contributed by atoms with E-state index in [1.54, 1.807) is 0 Å². The molecule has 0 bridgehead atoms. The van der Waals surface area contributed by atoms with Crippen LogP contribution in [0.4, 0.5) is 0 Å². The smallest absolute Gasteiger partial charge is 0.237 e. The van der Waals surface area contributed by atoms with Gasteiger partial charge in [-0.25, -0.2) is 0 Å². The van der Waals surface area contributed by atoms with Crippen molar-refractivity contribution in [3.8, 4) is 6.07 Å². The van der Waals surface area contributed by atoms with Crippen LogP contribution in [0.25, 0.3) is 0 Å². The largest absolute Gasteiger partial charge is 0.354 e. The summed E-state index contributed by atoms with van der Waals surface area (Å²) in [6, 6.07) is 1.98. The lowest BCUT2D eigenvalue weighted by Gasteiger charge is -2.09. The first-order valence-electron chi connectivity index (χ1n) is 6.14. The summed E-state index contributed by atoms with van der Waals surface area (Å²) in [6.07, 6.45) is 3.34. The van der Waals surface area contributed by atoms with Crippen LogP contribution in [0.1, 0.15) is 32.6 Å². The van der Waals surface area contributed by atoms with Crippen LogP contribution in [-0.4, -0.2) is 24.9 Å². The van der Waals surface area contributed by atoms with Crippen molar-refractivity contribution in [1.82, 2.24) is 10.6 Å². The van der Waals surface area contributed by atoms with Crippen molar-refractivity contribution >= 4 is 11.8 Å². The number of carbonyl (C=O) groups is 2. The highest BCUT2D eigenvalue weighted by Gasteiger charge is 2.29. The second-order valence-corrected chi connectivity index (χ2v) is 4.33. The Balaban J connectivity index is 2.10. The molecular weight excluding hydrogens is 218 g/mol. The Kier molecular flexibility index (Phi) is 5.47. The molecule has 0 heterocycles. The molecule has 0 aromatic heterocycles. The van der Waals surface area contributed by atoms with Gasteiger partial charge in [0.25, 0.3) is 0 Å². The molecule has 5 nitrogen and oxygen atoms in total. The zero-order valence-electron chi connectivity index (χ0n) is 10.2. The fourth-order valence-electron chi connectivity index (χ4n) is 1.53. The zero-order valence-corrected chi connectivity index (χ0v) is 10.2. The Morgan fingerprint density at radius 1 is 1.35 bits per heavy atom. The van der Waals surface area contributed by atoms with Gasteiger partial charge in [0, 0.05) is 19.0 Å². The quantitative estimate of drug-likeness (QED) is 0.635. The lowest BCUT2D eigenvalue weighted by Crippen LogP contribution is -2.37. The average Bonchev–Trinajstić information content (AvgIpc) is 3.15. The summed E-state index contributed by atoms with van der Waals surface area (Å²) >= 11 is 0. The number of nitriles is 1. The second kappa shape index (κ2) is 6.89. The minimum Gasteiger partial charge on any atom is -0.354 e. The lowest BCUT2D eigenvalue weighted by molar-refractivity contribution is -0.124. The summed E-state index contributed by atoms with van der Waals surface area (Å²) in [5.74, 6) is -0.545. The van der Waals surface area contributed by atoms with Gasteiger partial charge in [-0.05, 0) is 19.3 Å². The molecule has 2 amide bonds. The standard InChI is InChI=1S/C12H19N3O2/c1-2-3-10(8-13)12(17)15-7-6-14-11(16)9-4-5-9/h9-10H,2-7H2,1H3,(H,14,16)(H,15,17). The lowest BCUT2D eigenvalue weighted by atomic mass is 10.1. The highest BCUT2D eigenvalue weighted by atomic mass is 16.2. The van der Waals surface area contributed by atoms with Crippen molar-refractivity contribution in [2.45, 2.75) is 32.6 Å². The van der Waals surface area contributed by atoms with Crippen molar-refractivity contribution in [2.75, 3.05) is 13.1 Å². The number of rotatable bonds is 7. The van der Waals surface area contributed by atoms with E-state index in [1.165, 1.54) is 0 Å². The molecule has 5 heteroatoms. The van der Waals surface area contributed by atoms with E-state index < -0.39 is 5.92 Å². The molecule has 17 heavy (non-hydrogen) atoms. The van der Waals surface area contributed by atoms with Gasteiger partial charge in [0.15, 0.2) is 0 Å². The van der Waals surface area contributed by atoms with Gasteiger partial charge in [-0.15, -0.1) is 0 Å². The Morgan fingerprint density at radius 2 is 2.00 bits per heavy atom. The van der Waals surface area contributed by atoms with E-state index in [4.69, 9.17) is 5.26 Å². The Bertz CT molecular complexity index is 318. The molecular formula is C12H19N3O2. The first-order chi connectivity index (χ1) is 8.19. The van der Waals surface area contributed by atoms with E-state index in [2.05, 4.69) is 10.6 Å². The first-order valence-corrected chi connectivity index (χ1v) is 6.14. The highest BCUT2D eigenvalue weighted by molar-refractivity contribution is 5.82. The third-order valence-corrected chi connectivity index (χ3v) is 2.72. The van der Waals surface area contributed by atoms with Crippen molar-refractivity contribution in [2.24, 2.45) is 11.8 Å². The van der Waals surface area contributed by atoms with E-state index in [0.29, 0.717) is 19.5 Å². The van der Waals surface area contributed by atoms with Gasteiger partial charge < -0.3 is 10.6 Å². The summed E-state index contributed by atoms with van der Waals surface area (Å²) in [4.78, 5) is 22.8. The van der Waals surface area contributed by atoms with Gasteiger partial charge in [0.05, 0.1) is 6.07 Å². The maximum absolute atomic E-state index is 11.5. The summed E-state index contributed by atoms with van der Waals surface area (Å²) in [7, 11) is 0. The van der Waals surface area contributed by atoms with E-state index in [9.17, 15) is 9.59 Å². The number of amides is 2. The van der Waals surface area contributed by atoms with Crippen LogP contribution in [0, 0.1) is 23.2 Å². The zero-order chi connectivity index (χ0) is 12.7. The number of hydrogen-bond acceptors (Lipinski definition) is 3. The van der Waals surface area contributed by atoms with E-state index in [0.717, 1.165) is 19.3 Å². The molecule has 1 aliphatic rings. The van der Waals surface area contributed by atoms with Crippen LogP contribution >= 0.6 is 0 Å². The molecule has 1 rings (SSSR count). The number of carbonyl (C=O) groups excluding carboxylic acids is 2. The van der Waals surface area contributed by atoms with Crippen LogP contribution in [0.2, 0.25) is 0 Å². The molecule has 0 radical (unpaired) electrons. The summed E-state index contributed by atoms with van der Waals surface area (Å²) < 4.78 is 0. The van der Waals surface area contributed by atoms with Crippen LogP contribution < -0.4 is 10.6 Å². The molecule has 0 spiro atoms.